The van der Waals surface area contributed by atoms with Crippen LogP contribution in [-0.4, -0.2) is 29.9 Å². The van der Waals surface area contributed by atoms with Gasteiger partial charge in [0.15, 0.2) is 5.78 Å². The molecule has 0 unspecified atom stereocenters. The van der Waals surface area contributed by atoms with Gasteiger partial charge in [-0.2, -0.15) is 0 Å². The summed E-state index contributed by atoms with van der Waals surface area (Å²) in [6, 6.07) is 0. The van der Waals surface area contributed by atoms with E-state index in [0.717, 1.165) is 5.57 Å². The van der Waals surface area contributed by atoms with Crippen molar-refractivity contribution in [2.45, 2.75) is 20.3 Å². The molecule has 0 bridgehead atoms. The van der Waals surface area contributed by atoms with Crippen LogP contribution in [0.4, 0.5) is 0 Å². The van der Waals surface area contributed by atoms with E-state index in [1.165, 1.54) is 0 Å². The van der Waals surface area contributed by atoms with Crippen molar-refractivity contribution in [1.82, 2.24) is 5.32 Å². The quantitative estimate of drug-likeness (QED) is 0.499. The van der Waals surface area contributed by atoms with Crippen LogP contribution >= 0.6 is 0 Å². The van der Waals surface area contributed by atoms with Crippen molar-refractivity contribution in [1.29, 1.82) is 0 Å². The van der Waals surface area contributed by atoms with Gasteiger partial charge in [-0.1, -0.05) is 18.2 Å². The lowest BCUT2D eigenvalue weighted by Gasteiger charge is -2.04. The predicted molar refractivity (Wildman–Crippen MR) is 58.3 cm³/mol. The first-order chi connectivity index (χ1) is 7.13. The van der Waals surface area contributed by atoms with Gasteiger partial charge in [-0.25, -0.2) is 0 Å². The van der Waals surface area contributed by atoms with Crippen molar-refractivity contribution in [3.8, 4) is 0 Å². The summed E-state index contributed by atoms with van der Waals surface area (Å²) in [4.78, 5) is 21.9. The zero-order valence-corrected chi connectivity index (χ0v) is 9.12. The Kier molecular flexibility index (Phi) is 7.18. The van der Waals surface area contributed by atoms with E-state index in [2.05, 4.69) is 5.32 Å². The Labute approximate surface area is 89.7 Å². The third kappa shape index (κ3) is 6.62. The highest BCUT2D eigenvalue weighted by Gasteiger charge is 2.07. The molecule has 0 heterocycles. The fourth-order valence-corrected chi connectivity index (χ4v) is 0.969. The van der Waals surface area contributed by atoms with E-state index < -0.39 is 12.4 Å². The number of Topliss-reactive ketones (excluding diaryl/α,β-unsaturated/α-hetero) is 1. The number of hydrogen-bond donors (Lipinski definition) is 2. The van der Waals surface area contributed by atoms with Crippen LogP contribution in [0, 0.1) is 0 Å². The molecule has 0 saturated heterocycles. The van der Waals surface area contributed by atoms with Crippen LogP contribution in [0.5, 0.6) is 0 Å². The Balaban J connectivity index is 3.94. The number of amides is 1. The van der Waals surface area contributed by atoms with E-state index in [-0.39, 0.29) is 12.3 Å². The first kappa shape index (κ1) is 13.6. The van der Waals surface area contributed by atoms with Gasteiger partial charge in [0.2, 0.25) is 5.91 Å². The van der Waals surface area contributed by atoms with Crippen LogP contribution < -0.4 is 5.32 Å². The van der Waals surface area contributed by atoms with E-state index in [0.29, 0.717) is 6.54 Å². The van der Waals surface area contributed by atoms with Gasteiger partial charge in [0.05, 0.1) is 6.42 Å². The average Bonchev–Trinajstić information content (AvgIpc) is 2.23. The molecule has 15 heavy (non-hydrogen) atoms. The van der Waals surface area contributed by atoms with E-state index in [4.69, 9.17) is 5.11 Å². The van der Waals surface area contributed by atoms with E-state index in [9.17, 15) is 9.59 Å². The molecule has 0 atom stereocenters. The molecule has 0 aliphatic carbocycles. The molecule has 0 aromatic heterocycles. The number of aliphatic hydroxyl groups is 1. The molecule has 0 aromatic carbocycles. The van der Waals surface area contributed by atoms with Crippen LogP contribution in [-0.2, 0) is 9.59 Å². The lowest BCUT2D eigenvalue weighted by atomic mass is 10.2. The SMILES string of the molecule is C/C=C\C(=C/C)CNC(=O)CC(=O)CO. The molecule has 0 aliphatic rings. The van der Waals surface area contributed by atoms with Crippen molar-refractivity contribution in [3.05, 3.63) is 23.8 Å². The van der Waals surface area contributed by atoms with Gasteiger partial charge in [0, 0.05) is 6.54 Å². The number of rotatable bonds is 6. The normalized spacial score (nSPS) is 11.8. The number of hydrogen-bond acceptors (Lipinski definition) is 3. The van der Waals surface area contributed by atoms with E-state index in [1.54, 1.807) is 0 Å². The second kappa shape index (κ2) is 7.94. The monoisotopic (exact) mass is 211 g/mol. The Morgan fingerprint density at radius 1 is 1.33 bits per heavy atom. The van der Waals surface area contributed by atoms with Crippen LogP contribution in [0.2, 0.25) is 0 Å². The fourth-order valence-electron chi connectivity index (χ4n) is 0.969. The Hall–Kier alpha value is -1.42. The third-order valence-electron chi connectivity index (χ3n) is 1.78. The molecule has 4 nitrogen and oxygen atoms in total. The number of nitrogens with one attached hydrogen (secondary N) is 1. The zero-order chi connectivity index (χ0) is 11.7. The summed E-state index contributed by atoms with van der Waals surface area (Å²) >= 11 is 0. The van der Waals surface area contributed by atoms with Gasteiger partial charge in [0.1, 0.15) is 6.61 Å². The van der Waals surface area contributed by atoms with Gasteiger partial charge in [-0.3, -0.25) is 9.59 Å². The van der Waals surface area contributed by atoms with Crippen molar-refractivity contribution in [3.63, 3.8) is 0 Å². The molecule has 0 aromatic rings. The maximum atomic E-state index is 11.1. The highest BCUT2D eigenvalue weighted by molar-refractivity contribution is 5.98. The second-order valence-corrected chi connectivity index (χ2v) is 3.01. The second-order valence-electron chi connectivity index (χ2n) is 3.01. The van der Waals surface area contributed by atoms with Crippen LogP contribution in [0.15, 0.2) is 23.8 Å². The highest BCUT2D eigenvalue weighted by atomic mass is 16.3. The standard InChI is InChI=1S/C11H17NO3/c1-3-5-9(4-2)7-12-11(15)6-10(14)8-13/h3-5,13H,6-8H2,1-2H3,(H,12,15)/b5-3-,9-4+. The van der Waals surface area contributed by atoms with E-state index in [1.807, 2.05) is 32.1 Å². The summed E-state index contributed by atoms with van der Waals surface area (Å²) in [5.74, 6) is -0.835. The number of ketones is 1. The summed E-state index contributed by atoms with van der Waals surface area (Å²) in [7, 11) is 0. The van der Waals surface area contributed by atoms with Gasteiger partial charge in [-0.15, -0.1) is 0 Å². The first-order valence-corrected chi connectivity index (χ1v) is 4.81. The zero-order valence-electron chi connectivity index (χ0n) is 9.12. The molecule has 4 heteroatoms. The maximum Gasteiger partial charge on any atom is 0.227 e. The van der Waals surface area contributed by atoms with Crippen molar-refractivity contribution in [2.24, 2.45) is 0 Å². The van der Waals surface area contributed by atoms with Gasteiger partial charge in [-0.05, 0) is 19.4 Å². The number of carbonyl (C=O) groups is 2. The minimum atomic E-state index is -0.585. The molecular formula is C11H17NO3. The Bertz CT molecular complexity index is 280. The number of aliphatic hydroxyl groups excluding tert-OH is 1. The summed E-state index contributed by atoms with van der Waals surface area (Å²) < 4.78 is 0. The fraction of sp³-hybridized carbons (Fsp3) is 0.455. The highest BCUT2D eigenvalue weighted by Crippen LogP contribution is 1.94. The molecule has 0 rings (SSSR count). The summed E-state index contributed by atoms with van der Waals surface area (Å²) in [5, 5.41) is 11.0. The smallest absolute Gasteiger partial charge is 0.227 e. The molecule has 0 saturated carbocycles. The van der Waals surface area contributed by atoms with Crippen LogP contribution in [0.1, 0.15) is 20.3 Å². The summed E-state index contributed by atoms with van der Waals surface area (Å²) in [5.41, 5.74) is 0.974. The lowest BCUT2D eigenvalue weighted by Crippen LogP contribution is -2.28. The summed E-state index contributed by atoms with van der Waals surface area (Å²) in [6.45, 7) is 3.58. The number of carbonyl (C=O) groups excluding carboxylic acids is 2. The van der Waals surface area contributed by atoms with Gasteiger partial charge in [0.25, 0.3) is 0 Å². The van der Waals surface area contributed by atoms with Crippen molar-refractivity contribution in [2.75, 3.05) is 13.2 Å². The van der Waals surface area contributed by atoms with Gasteiger partial charge < -0.3 is 10.4 Å². The molecule has 0 fully saturated rings. The molecule has 0 aliphatic heterocycles. The molecule has 0 spiro atoms. The summed E-state index contributed by atoms with van der Waals surface area (Å²) in [6.07, 6.45) is 5.38. The minimum Gasteiger partial charge on any atom is -0.389 e. The third-order valence-corrected chi connectivity index (χ3v) is 1.78. The molecule has 0 radical (unpaired) electrons. The largest absolute Gasteiger partial charge is 0.389 e. The topological polar surface area (TPSA) is 66.4 Å². The van der Waals surface area contributed by atoms with Crippen LogP contribution in [0.3, 0.4) is 0 Å². The molecule has 1 amide bonds. The molecule has 2 N–H and O–H groups in total. The Morgan fingerprint density at radius 3 is 2.47 bits per heavy atom. The molecular weight excluding hydrogens is 194 g/mol. The van der Waals surface area contributed by atoms with E-state index >= 15 is 0 Å². The lowest BCUT2D eigenvalue weighted by molar-refractivity contribution is -0.129. The number of allylic oxidation sites excluding steroid dienone is 2. The van der Waals surface area contributed by atoms with Crippen molar-refractivity contribution >= 4 is 11.7 Å². The minimum absolute atomic E-state index is 0.261. The van der Waals surface area contributed by atoms with Crippen molar-refractivity contribution < 1.29 is 14.7 Å². The Morgan fingerprint density at radius 2 is 2.00 bits per heavy atom. The van der Waals surface area contributed by atoms with Crippen LogP contribution in [0.25, 0.3) is 0 Å². The van der Waals surface area contributed by atoms with Gasteiger partial charge >= 0.3 is 0 Å². The predicted octanol–water partition coefficient (Wildman–Crippen LogP) is 0.577. The molecule has 84 valence electrons. The first-order valence-electron chi connectivity index (χ1n) is 4.81. The average molecular weight is 211 g/mol. The maximum absolute atomic E-state index is 11.1.